The molecule has 3 aromatic rings. The zero-order valence-corrected chi connectivity index (χ0v) is 18.2. The molecule has 0 aliphatic heterocycles. The number of nitriles is 1. The van der Waals surface area contributed by atoms with Crippen LogP contribution in [-0.4, -0.2) is 18.7 Å². The smallest absolute Gasteiger partial charge is 0.335 e. The summed E-state index contributed by atoms with van der Waals surface area (Å²) in [6.07, 6.45) is 0.751. The number of nitrogens with zero attached hydrogens (tertiary/aromatic N) is 1. The Morgan fingerprint density at radius 2 is 1.45 bits per heavy atom. The predicted octanol–water partition coefficient (Wildman–Crippen LogP) is 5.22. The van der Waals surface area contributed by atoms with E-state index in [9.17, 15) is 9.59 Å². The van der Waals surface area contributed by atoms with Crippen molar-refractivity contribution >= 4 is 11.9 Å². The van der Waals surface area contributed by atoms with Crippen LogP contribution in [0.5, 0.6) is 11.5 Å². The van der Waals surface area contributed by atoms with E-state index in [1.165, 1.54) is 0 Å². The third-order valence-electron chi connectivity index (χ3n) is 4.74. The van der Waals surface area contributed by atoms with Gasteiger partial charge in [-0.3, -0.25) is 4.79 Å². The zero-order valence-electron chi connectivity index (χ0n) is 18.2. The van der Waals surface area contributed by atoms with Crippen molar-refractivity contribution in [2.45, 2.75) is 19.8 Å². The average molecular weight is 441 g/mol. The summed E-state index contributed by atoms with van der Waals surface area (Å²) in [7, 11) is 0. The second kappa shape index (κ2) is 11.3. The molecule has 0 fully saturated rings. The van der Waals surface area contributed by atoms with Crippen molar-refractivity contribution < 1.29 is 23.8 Å². The van der Waals surface area contributed by atoms with E-state index in [4.69, 9.17) is 19.5 Å². The normalized spacial score (nSPS) is 10.1. The molecule has 0 atom stereocenters. The summed E-state index contributed by atoms with van der Waals surface area (Å²) in [4.78, 5) is 23.5. The first kappa shape index (κ1) is 23.3. The fourth-order valence-corrected chi connectivity index (χ4v) is 2.91. The van der Waals surface area contributed by atoms with Gasteiger partial charge in [0.15, 0.2) is 0 Å². The molecule has 0 aliphatic carbocycles. The number of esters is 2. The first-order chi connectivity index (χ1) is 15.9. The first-order valence-corrected chi connectivity index (χ1v) is 10.3. The van der Waals surface area contributed by atoms with Gasteiger partial charge in [-0.1, -0.05) is 43.0 Å². The maximum atomic E-state index is 12.2. The minimum absolute atomic E-state index is 0.193. The molecule has 0 radical (unpaired) electrons. The lowest BCUT2D eigenvalue weighted by molar-refractivity contribution is -0.145. The number of ether oxygens (including phenoxy) is 3. The van der Waals surface area contributed by atoms with E-state index in [2.05, 4.69) is 12.6 Å². The molecule has 0 amide bonds. The summed E-state index contributed by atoms with van der Waals surface area (Å²) >= 11 is 0. The van der Waals surface area contributed by atoms with Gasteiger partial charge in [0.1, 0.15) is 11.5 Å². The molecule has 0 aliphatic rings. The van der Waals surface area contributed by atoms with Crippen LogP contribution in [0.3, 0.4) is 0 Å². The van der Waals surface area contributed by atoms with Crippen LogP contribution in [0.25, 0.3) is 11.1 Å². The van der Waals surface area contributed by atoms with Gasteiger partial charge < -0.3 is 14.2 Å². The van der Waals surface area contributed by atoms with Gasteiger partial charge >= 0.3 is 11.9 Å². The molecule has 0 unspecified atom stereocenters. The van der Waals surface area contributed by atoms with Crippen molar-refractivity contribution in [3.8, 4) is 28.7 Å². The van der Waals surface area contributed by atoms with Gasteiger partial charge in [-0.05, 0) is 66.4 Å². The largest absolute Gasteiger partial charge is 0.457 e. The molecule has 0 bridgehead atoms. The standard InChI is InChI=1S/C27H23NO5/c1-19(2)27(30)32-18-31-24-12-5-20(6-13-24)7-16-26(29)33-25-14-10-23(11-15-25)22-8-3-21(17-28)4-9-22/h3-6,8-15H,1,7,16,18H2,2H3. The van der Waals surface area contributed by atoms with E-state index in [0.717, 1.165) is 16.7 Å². The fourth-order valence-electron chi connectivity index (χ4n) is 2.91. The molecule has 0 saturated carbocycles. The molecule has 6 nitrogen and oxygen atoms in total. The van der Waals surface area contributed by atoms with Gasteiger partial charge in [0, 0.05) is 12.0 Å². The van der Waals surface area contributed by atoms with Crippen LogP contribution in [0, 0.1) is 11.3 Å². The molecule has 0 saturated heterocycles. The molecule has 6 heteroatoms. The molecule has 3 aromatic carbocycles. The van der Waals surface area contributed by atoms with Crippen molar-refractivity contribution in [2.24, 2.45) is 0 Å². The van der Waals surface area contributed by atoms with Gasteiger partial charge in [0.05, 0.1) is 11.6 Å². The predicted molar refractivity (Wildman–Crippen MR) is 123 cm³/mol. The molecule has 0 heterocycles. The van der Waals surface area contributed by atoms with Crippen LogP contribution in [0.1, 0.15) is 24.5 Å². The van der Waals surface area contributed by atoms with Crippen molar-refractivity contribution in [1.29, 1.82) is 5.26 Å². The van der Waals surface area contributed by atoms with E-state index in [1.54, 1.807) is 43.3 Å². The van der Waals surface area contributed by atoms with Crippen molar-refractivity contribution in [2.75, 3.05) is 6.79 Å². The van der Waals surface area contributed by atoms with Crippen molar-refractivity contribution in [3.63, 3.8) is 0 Å². The van der Waals surface area contributed by atoms with Gasteiger partial charge in [-0.25, -0.2) is 4.79 Å². The lowest BCUT2D eigenvalue weighted by Gasteiger charge is -2.08. The first-order valence-electron chi connectivity index (χ1n) is 10.3. The highest BCUT2D eigenvalue weighted by atomic mass is 16.7. The second-order valence-electron chi connectivity index (χ2n) is 7.31. The highest BCUT2D eigenvalue weighted by Gasteiger charge is 2.07. The molecule has 3 rings (SSSR count). The summed E-state index contributed by atoms with van der Waals surface area (Å²) in [6, 6.07) is 23.8. The number of carbonyl (C=O) groups excluding carboxylic acids is 2. The number of rotatable bonds is 9. The van der Waals surface area contributed by atoms with Crippen molar-refractivity contribution in [3.05, 3.63) is 96.1 Å². The Balaban J connectivity index is 1.44. The van der Waals surface area contributed by atoms with E-state index in [-0.39, 0.29) is 19.2 Å². The van der Waals surface area contributed by atoms with E-state index in [1.807, 2.05) is 36.4 Å². The van der Waals surface area contributed by atoms with Gasteiger partial charge in [0.2, 0.25) is 6.79 Å². The topological polar surface area (TPSA) is 85.6 Å². The minimum Gasteiger partial charge on any atom is -0.457 e. The van der Waals surface area contributed by atoms with Crippen molar-refractivity contribution in [1.82, 2.24) is 0 Å². The molecule has 0 N–H and O–H groups in total. The summed E-state index contributed by atoms with van der Waals surface area (Å²) in [6.45, 7) is 4.87. The van der Waals surface area contributed by atoms with Gasteiger partial charge in [0.25, 0.3) is 0 Å². The lowest BCUT2D eigenvalue weighted by Crippen LogP contribution is -2.10. The Morgan fingerprint density at radius 1 is 0.879 bits per heavy atom. The molecular formula is C27H23NO5. The zero-order chi connectivity index (χ0) is 23.6. The number of hydrogen-bond acceptors (Lipinski definition) is 6. The maximum Gasteiger partial charge on any atom is 0.335 e. The third kappa shape index (κ3) is 7.08. The fraction of sp³-hybridized carbons (Fsp3) is 0.148. The molecule has 0 spiro atoms. The summed E-state index contributed by atoms with van der Waals surface area (Å²) in [5.74, 6) is 0.200. The van der Waals surface area contributed by atoms with Gasteiger partial charge in [-0.2, -0.15) is 5.26 Å². The summed E-state index contributed by atoms with van der Waals surface area (Å²) in [5, 5.41) is 8.89. The Labute approximate surface area is 192 Å². The number of aryl methyl sites for hydroxylation is 1. The lowest BCUT2D eigenvalue weighted by atomic mass is 10.0. The quantitative estimate of drug-likeness (QED) is 0.196. The van der Waals surface area contributed by atoms with Gasteiger partial charge in [-0.15, -0.1) is 0 Å². The van der Waals surface area contributed by atoms with E-state index < -0.39 is 5.97 Å². The minimum atomic E-state index is -0.506. The van der Waals surface area contributed by atoms with Crippen LogP contribution >= 0.6 is 0 Å². The molecule has 166 valence electrons. The Morgan fingerprint density at radius 3 is 2.03 bits per heavy atom. The van der Waals surface area contributed by atoms with Crippen LogP contribution in [-0.2, 0) is 20.7 Å². The molecule has 33 heavy (non-hydrogen) atoms. The molecule has 0 aromatic heterocycles. The second-order valence-corrected chi connectivity index (χ2v) is 7.31. The molecular weight excluding hydrogens is 418 g/mol. The summed E-state index contributed by atoms with van der Waals surface area (Å²) < 4.78 is 15.7. The number of benzene rings is 3. The summed E-state index contributed by atoms with van der Waals surface area (Å²) in [5.41, 5.74) is 3.82. The third-order valence-corrected chi connectivity index (χ3v) is 4.74. The Bertz CT molecular complexity index is 1160. The van der Waals surface area contributed by atoms with Crippen LogP contribution in [0.15, 0.2) is 84.9 Å². The maximum absolute atomic E-state index is 12.2. The number of hydrogen-bond donors (Lipinski definition) is 0. The van der Waals surface area contributed by atoms with E-state index in [0.29, 0.717) is 29.1 Å². The Hall–Kier alpha value is -4.37. The highest BCUT2D eigenvalue weighted by molar-refractivity contribution is 5.86. The number of carbonyl (C=O) groups is 2. The Kier molecular flexibility index (Phi) is 7.98. The van der Waals surface area contributed by atoms with Crippen LogP contribution in [0.4, 0.5) is 0 Å². The van der Waals surface area contributed by atoms with Crippen LogP contribution in [0.2, 0.25) is 0 Å². The van der Waals surface area contributed by atoms with Crippen LogP contribution < -0.4 is 9.47 Å². The van der Waals surface area contributed by atoms with E-state index >= 15 is 0 Å². The SMILES string of the molecule is C=C(C)C(=O)OCOc1ccc(CCC(=O)Oc2ccc(-c3ccc(C#N)cc3)cc2)cc1. The highest BCUT2D eigenvalue weighted by Crippen LogP contribution is 2.23. The monoisotopic (exact) mass is 441 g/mol. The average Bonchev–Trinajstić information content (AvgIpc) is 2.84.